The van der Waals surface area contributed by atoms with Gasteiger partial charge in [0.2, 0.25) is 0 Å². The molecule has 1 unspecified atom stereocenters. The van der Waals surface area contributed by atoms with Gasteiger partial charge >= 0.3 is 0 Å². The van der Waals surface area contributed by atoms with Gasteiger partial charge in [-0.3, -0.25) is 0 Å². The summed E-state index contributed by atoms with van der Waals surface area (Å²) >= 11 is 0. The second-order valence-electron chi connectivity index (χ2n) is 4.15. The van der Waals surface area contributed by atoms with Crippen LogP contribution in [0, 0.1) is 6.92 Å². The number of fused-ring (bicyclic) bond motifs is 1. The van der Waals surface area contributed by atoms with E-state index in [4.69, 9.17) is 4.42 Å². The molecule has 3 rings (SSSR count). The van der Waals surface area contributed by atoms with Crippen LogP contribution in [0.2, 0.25) is 0 Å². The Morgan fingerprint density at radius 2 is 2.44 bits per heavy atom. The van der Waals surface area contributed by atoms with Gasteiger partial charge in [0.1, 0.15) is 0 Å². The van der Waals surface area contributed by atoms with Crippen LogP contribution < -0.4 is 0 Å². The van der Waals surface area contributed by atoms with Crippen molar-refractivity contribution >= 4 is 0 Å². The fourth-order valence-electron chi connectivity index (χ4n) is 2.05. The molecule has 16 heavy (non-hydrogen) atoms. The molecule has 0 amide bonds. The SMILES string of the molecule is Cc1ncc(-c2nc3c([nH]2)CC(O)CC3)o1. The summed E-state index contributed by atoms with van der Waals surface area (Å²) in [7, 11) is 0. The van der Waals surface area contributed by atoms with Crippen molar-refractivity contribution in [3.63, 3.8) is 0 Å². The maximum absolute atomic E-state index is 9.56. The van der Waals surface area contributed by atoms with Crippen LogP contribution in [0.15, 0.2) is 10.6 Å². The van der Waals surface area contributed by atoms with E-state index in [1.165, 1.54) is 0 Å². The Bertz CT molecular complexity index is 515. The lowest BCUT2D eigenvalue weighted by Crippen LogP contribution is -2.18. The van der Waals surface area contributed by atoms with Crippen molar-refractivity contribution in [2.45, 2.75) is 32.3 Å². The summed E-state index contributed by atoms with van der Waals surface area (Å²) in [4.78, 5) is 11.7. The molecule has 0 saturated heterocycles. The summed E-state index contributed by atoms with van der Waals surface area (Å²) in [5.74, 6) is 1.99. The molecular formula is C11H13N3O2. The van der Waals surface area contributed by atoms with Gasteiger partial charge in [-0.2, -0.15) is 0 Å². The highest BCUT2D eigenvalue weighted by molar-refractivity contribution is 5.47. The smallest absolute Gasteiger partial charge is 0.191 e. The number of nitrogens with one attached hydrogen (secondary N) is 1. The van der Waals surface area contributed by atoms with Gasteiger partial charge in [0.15, 0.2) is 17.5 Å². The first kappa shape index (κ1) is 9.59. The molecule has 2 aromatic rings. The molecule has 0 aromatic carbocycles. The van der Waals surface area contributed by atoms with E-state index in [1.54, 1.807) is 13.1 Å². The van der Waals surface area contributed by atoms with Crippen molar-refractivity contribution in [3.8, 4) is 11.6 Å². The van der Waals surface area contributed by atoms with Gasteiger partial charge in [-0.25, -0.2) is 9.97 Å². The third kappa shape index (κ3) is 1.53. The average molecular weight is 219 g/mol. The van der Waals surface area contributed by atoms with E-state index >= 15 is 0 Å². The van der Waals surface area contributed by atoms with Crippen LogP contribution >= 0.6 is 0 Å². The summed E-state index contributed by atoms with van der Waals surface area (Å²) < 4.78 is 5.41. The van der Waals surface area contributed by atoms with E-state index in [1.807, 2.05) is 0 Å². The molecule has 2 heterocycles. The highest BCUT2D eigenvalue weighted by atomic mass is 16.4. The van der Waals surface area contributed by atoms with Crippen molar-refractivity contribution in [3.05, 3.63) is 23.5 Å². The maximum Gasteiger partial charge on any atom is 0.191 e. The first-order valence-electron chi connectivity index (χ1n) is 5.41. The van der Waals surface area contributed by atoms with E-state index in [-0.39, 0.29) is 6.10 Å². The Hall–Kier alpha value is -1.62. The molecule has 1 aliphatic carbocycles. The first-order chi connectivity index (χ1) is 7.72. The maximum atomic E-state index is 9.56. The summed E-state index contributed by atoms with van der Waals surface area (Å²) in [5.41, 5.74) is 2.05. The lowest BCUT2D eigenvalue weighted by molar-refractivity contribution is 0.157. The van der Waals surface area contributed by atoms with Crippen LogP contribution in [0.1, 0.15) is 23.7 Å². The number of hydrogen-bond donors (Lipinski definition) is 2. The minimum absolute atomic E-state index is 0.253. The Balaban J connectivity index is 1.98. The lowest BCUT2D eigenvalue weighted by atomic mass is 9.99. The second kappa shape index (κ2) is 3.45. The monoisotopic (exact) mass is 219 g/mol. The number of aryl methyl sites for hydroxylation is 2. The molecular weight excluding hydrogens is 206 g/mol. The van der Waals surface area contributed by atoms with E-state index in [2.05, 4.69) is 15.0 Å². The number of aromatic amines is 1. The third-order valence-electron chi connectivity index (χ3n) is 2.87. The van der Waals surface area contributed by atoms with Crippen molar-refractivity contribution in [2.24, 2.45) is 0 Å². The van der Waals surface area contributed by atoms with Crippen LogP contribution in [-0.2, 0) is 12.8 Å². The number of aliphatic hydroxyl groups is 1. The number of rotatable bonds is 1. The zero-order valence-electron chi connectivity index (χ0n) is 9.03. The molecule has 0 fully saturated rings. The number of aromatic nitrogens is 3. The summed E-state index contributed by atoms with van der Waals surface area (Å²) in [6.45, 7) is 1.80. The van der Waals surface area contributed by atoms with Crippen LogP contribution in [0.25, 0.3) is 11.6 Å². The summed E-state index contributed by atoms with van der Waals surface area (Å²) in [5, 5.41) is 9.56. The number of nitrogens with zero attached hydrogens (tertiary/aromatic N) is 2. The van der Waals surface area contributed by atoms with Gasteiger partial charge < -0.3 is 14.5 Å². The molecule has 84 valence electrons. The molecule has 2 N–H and O–H groups in total. The highest BCUT2D eigenvalue weighted by Crippen LogP contribution is 2.24. The van der Waals surface area contributed by atoms with Crippen LogP contribution in [0.3, 0.4) is 0 Å². The predicted octanol–water partition coefficient (Wildman–Crippen LogP) is 1.22. The summed E-state index contributed by atoms with van der Waals surface area (Å²) in [6.07, 6.45) is 3.66. The Labute approximate surface area is 92.5 Å². The van der Waals surface area contributed by atoms with Gasteiger partial charge in [-0.05, 0) is 12.8 Å². The fraction of sp³-hybridized carbons (Fsp3) is 0.455. The summed E-state index contributed by atoms with van der Waals surface area (Å²) in [6, 6.07) is 0. The van der Waals surface area contributed by atoms with Crippen molar-refractivity contribution in [1.82, 2.24) is 15.0 Å². The van der Waals surface area contributed by atoms with Gasteiger partial charge in [-0.1, -0.05) is 0 Å². The van der Waals surface area contributed by atoms with Gasteiger partial charge in [0.25, 0.3) is 0 Å². The van der Waals surface area contributed by atoms with Gasteiger partial charge in [0.05, 0.1) is 18.0 Å². The molecule has 5 nitrogen and oxygen atoms in total. The average Bonchev–Trinajstić information content (AvgIpc) is 2.83. The molecule has 0 spiro atoms. The molecule has 0 bridgehead atoms. The number of hydrogen-bond acceptors (Lipinski definition) is 4. The molecule has 2 aromatic heterocycles. The van der Waals surface area contributed by atoms with Crippen molar-refractivity contribution in [2.75, 3.05) is 0 Å². The molecule has 5 heteroatoms. The van der Waals surface area contributed by atoms with Gasteiger partial charge in [0, 0.05) is 19.0 Å². The molecule has 0 aliphatic heterocycles. The molecule has 1 aliphatic rings. The van der Waals surface area contributed by atoms with Crippen molar-refractivity contribution in [1.29, 1.82) is 0 Å². The normalized spacial score (nSPS) is 19.8. The predicted molar refractivity (Wildman–Crippen MR) is 56.9 cm³/mol. The minimum Gasteiger partial charge on any atom is -0.438 e. The van der Waals surface area contributed by atoms with E-state index in [0.29, 0.717) is 23.9 Å². The Kier molecular flexibility index (Phi) is 2.07. The molecule has 0 saturated carbocycles. The van der Waals surface area contributed by atoms with Crippen molar-refractivity contribution < 1.29 is 9.52 Å². The van der Waals surface area contributed by atoms with E-state index in [9.17, 15) is 5.11 Å². The lowest BCUT2D eigenvalue weighted by Gasteiger charge is -2.14. The van der Waals surface area contributed by atoms with Crippen LogP contribution in [-0.4, -0.2) is 26.2 Å². The van der Waals surface area contributed by atoms with Crippen LogP contribution in [0.4, 0.5) is 0 Å². The topological polar surface area (TPSA) is 74.9 Å². The highest BCUT2D eigenvalue weighted by Gasteiger charge is 2.21. The van der Waals surface area contributed by atoms with Gasteiger partial charge in [-0.15, -0.1) is 0 Å². The molecule has 1 atom stereocenters. The zero-order chi connectivity index (χ0) is 11.1. The van der Waals surface area contributed by atoms with E-state index < -0.39 is 0 Å². The fourth-order valence-corrected chi connectivity index (χ4v) is 2.05. The Morgan fingerprint density at radius 3 is 3.19 bits per heavy atom. The zero-order valence-corrected chi connectivity index (χ0v) is 9.03. The minimum atomic E-state index is -0.253. The number of H-pyrrole nitrogens is 1. The Morgan fingerprint density at radius 1 is 1.56 bits per heavy atom. The number of aliphatic hydroxyl groups excluding tert-OH is 1. The number of oxazole rings is 1. The second-order valence-corrected chi connectivity index (χ2v) is 4.15. The quantitative estimate of drug-likeness (QED) is 0.756. The third-order valence-corrected chi connectivity index (χ3v) is 2.87. The first-order valence-corrected chi connectivity index (χ1v) is 5.41. The largest absolute Gasteiger partial charge is 0.438 e. The van der Waals surface area contributed by atoms with E-state index in [0.717, 1.165) is 24.2 Å². The number of imidazole rings is 1. The molecule has 0 radical (unpaired) electrons. The standard InChI is InChI=1S/C11H13N3O2/c1-6-12-5-10(16-6)11-13-8-3-2-7(15)4-9(8)14-11/h5,7,15H,2-4H2,1H3,(H,13,14). The van der Waals surface area contributed by atoms with Crippen LogP contribution in [0.5, 0.6) is 0 Å².